The van der Waals surface area contributed by atoms with Crippen LogP contribution in [-0.4, -0.2) is 34.6 Å². The molecule has 178 valence electrons. The molecule has 2 amide bonds. The maximum absolute atomic E-state index is 13.2. The molecule has 0 heterocycles. The van der Waals surface area contributed by atoms with Gasteiger partial charge in [-0.15, -0.1) is 11.8 Å². The molecule has 0 bridgehead atoms. The third-order valence-electron chi connectivity index (χ3n) is 6.03. The van der Waals surface area contributed by atoms with Gasteiger partial charge in [0.15, 0.2) is 0 Å². The molecule has 0 spiro atoms. The van der Waals surface area contributed by atoms with E-state index in [9.17, 15) is 9.59 Å². The van der Waals surface area contributed by atoms with Gasteiger partial charge >= 0.3 is 0 Å². The van der Waals surface area contributed by atoms with Crippen molar-refractivity contribution in [3.8, 4) is 0 Å². The highest BCUT2D eigenvalue weighted by Crippen LogP contribution is 2.23. The van der Waals surface area contributed by atoms with E-state index in [2.05, 4.69) is 5.32 Å². The van der Waals surface area contributed by atoms with Gasteiger partial charge in [0.2, 0.25) is 11.8 Å². The molecule has 1 fully saturated rings. The molecule has 0 aromatic heterocycles. The maximum atomic E-state index is 13.2. The summed E-state index contributed by atoms with van der Waals surface area (Å²) < 4.78 is 0. The second kappa shape index (κ2) is 13.3. The van der Waals surface area contributed by atoms with Crippen molar-refractivity contribution in [2.75, 3.05) is 5.75 Å². The van der Waals surface area contributed by atoms with E-state index >= 15 is 0 Å². The van der Waals surface area contributed by atoms with Gasteiger partial charge in [-0.3, -0.25) is 9.59 Å². The molecule has 1 aliphatic rings. The highest BCUT2D eigenvalue weighted by atomic mass is 35.5. The van der Waals surface area contributed by atoms with Gasteiger partial charge in [-0.1, -0.05) is 60.7 Å². The first-order chi connectivity index (χ1) is 15.9. The Bertz CT molecular complexity index is 917. The van der Waals surface area contributed by atoms with Crippen molar-refractivity contribution in [3.05, 3.63) is 64.1 Å². The van der Waals surface area contributed by atoms with Crippen molar-refractivity contribution >= 4 is 46.8 Å². The summed E-state index contributed by atoms with van der Waals surface area (Å²) in [7, 11) is 0. The van der Waals surface area contributed by atoms with Gasteiger partial charge in [-0.25, -0.2) is 0 Å². The van der Waals surface area contributed by atoms with Crippen molar-refractivity contribution in [1.29, 1.82) is 0 Å². The average Bonchev–Trinajstić information content (AvgIpc) is 2.82. The maximum Gasteiger partial charge on any atom is 0.242 e. The van der Waals surface area contributed by atoms with Crippen molar-refractivity contribution in [3.63, 3.8) is 0 Å². The fourth-order valence-corrected chi connectivity index (χ4v) is 5.22. The predicted molar refractivity (Wildman–Crippen MR) is 138 cm³/mol. The Morgan fingerprint density at radius 1 is 1.06 bits per heavy atom. The van der Waals surface area contributed by atoms with E-state index in [1.54, 1.807) is 16.7 Å². The van der Waals surface area contributed by atoms with E-state index < -0.39 is 6.04 Å². The van der Waals surface area contributed by atoms with E-state index in [-0.39, 0.29) is 17.9 Å². The molecule has 2 aromatic rings. The Hall–Kier alpha value is -1.69. The first kappa shape index (κ1) is 25.9. The number of rotatable bonds is 10. The number of nitrogens with zero attached hydrogens (tertiary/aromatic N) is 1. The smallest absolute Gasteiger partial charge is 0.242 e. The van der Waals surface area contributed by atoms with Crippen LogP contribution in [0, 0.1) is 0 Å². The predicted octanol–water partition coefficient (Wildman–Crippen LogP) is 6.73. The summed E-state index contributed by atoms with van der Waals surface area (Å²) >= 11 is 14.0. The number of hydrogen-bond donors (Lipinski definition) is 1. The van der Waals surface area contributed by atoms with Crippen molar-refractivity contribution < 1.29 is 9.59 Å². The number of benzene rings is 2. The van der Waals surface area contributed by atoms with Gasteiger partial charge in [-0.05, 0) is 67.8 Å². The van der Waals surface area contributed by atoms with E-state index in [1.165, 1.54) is 6.42 Å². The van der Waals surface area contributed by atoms with Crippen molar-refractivity contribution in [1.82, 2.24) is 10.2 Å². The molecule has 33 heavy (non-hydrogen) atoms. The van der Waals surface area contributed by atoms with Crippen LogP contribution in [0.1, 0.15) is 57.4 Å². The van der Waals surface area contributed by atoms with Gasteiger partial charge in [0.25, 0.3) is 0 Å². The van der Waals surface area contributed by atoms with Crippen LogP contribution in [0.5, 0.6) is 0 Å². The third-order valence-corrected chi connectivity index (χ3v) is 7.75. The summed E-state index contributed by atoms with van der Waals surface area (Å²) in [6, 6.07) is 14.8. The lowest BCUT2D eigenvalue weighted by molar-refractivity contribution is -0.141. The third kappa shape index (κ3) is 8.24. The molecule has 1 aliphatic carbocycles. The Morgan fingerprint density at radius 2 is 1.76 bits per heavy atom. The molecular formula is C26H32Cl2N2O2S. The quantitative estimate of drug-likeness (QED) is 0.287. The monoisotopic (exact) mass is 506 g/mol. The minimum absolute atomic E-state index is 0.0297. The van der Waals surface area contributed by atoms with Crippen LogP contribution < -0.4 is 5.32 Å². The summed E-state index contributed by atoms with van der Waals surface area (Å²) in [5.74, 6) is 0.700. The molecule has 0 radical (unpaired) electrons. The van der Waals surface area contributed by atoms with Crippen LogP contribution in [0.2, 0.25) is 10.0 Å². The van der Waals surface area contributed by atoms with Crippen LogP contribution in [0.3, 0.4) is 0 Å². The zero-order chi connectivity index (χ0) is 23.6. The zero-order valence-corrected chi connectivity index (χ0v) is 21.4. The topological polar surface area (TPSA) is 49.4 Å². The van der Waals surface area contributed by atoms with Gasteiger partial charge < -0.3 is 10.2 Å². The Balaban J connectivity index is 1.60. The highest BCUT2D eigenvalue weighted by molar-refractivity contribution is 7.99. The number of nitrogens with one attached hydrogen (secondary N) is 1. The SMILES string of the molecule is C[C@@H](C(=O)NC1CCCCC1)N(Cc1ccccc1Cl)C(=O)CCCSc1ccc(Cl)cc1. The molecule has 7 heteroatoms. The van der Waals surface area contributed by atoms with Gasteiger partial charge in [0.1, 0.15) is 6.04 Å². The summed E-state index contributed by atoms with van der Waals surface area (Å²) in [6.07, 6.45) is 6.65. The first-order valence-corrected chi connectivity index (χ1v) is 13.4. The molecule has 1 saturated carbocycles. The largest absolute Gasteiger partial charge is 0.352 e. The fraction of sp³-hybridized carbons (Fsp3) is 0.462. The zero-order valence-electron chi connectivity index (χ0n) is 19.1. The lowest BCUT2D eigenvalue weighted by Crippen LogP contribution is -2.50. The number of hydrogen-bond acceptors (Lipinski definition) is 3. The number of thioether (sulfide) groups is 1. The van der Waals surface area contributed by atoms with Crippen molar-refractivity contribution in [2.24, 2.45) is 0 Å². The Morgan fingerprint density at radius 3 is 2.45 bits per heavy atom. The van der Waals surface area contributed by atoms with Crippen LogP contribution in [0.15, 0.2) is 53.4 Å². The Kier molecular flexibility index (Phi) is 10.4. The molecule has 0 aliphatic heterocycles. The molecule has 0 saturated heterocycles. The van der Waals surface area contributed by atoms with E-state index in [0.717, 1.165) is 48.3 Å². The normalized spacial score (nSPS) is 15.1. The lowest BCUT2D eigenvalue weighted by atomic mass is 9.95. The van der Waals surface area contributed by atoms with Crippen LogP contribution in [0.4, 0.5) is 0 Å². The average molecular weight is 508 g/mol. The summed E-state index contributed by atoms with van der Waals surface area (Å²) in [4.78, 5) is 29.0. The second-order valence-corrected chi connectivity index (χ2v) is 10.6. The second-order valence-electron chi connectivity index (χ2n) is 8.54. The summed E-state index contributed by atoms with van der Waals surface area (Å²) in [6.45, 7) is 2.14. The number of carbonyl (C=O) groups is 2. The summed E-state index contributed by atoms with van der Waals surface area (Å²) in [5, 5.41) is 4.49. The molecule has 3 rings (SSSR count). The van der Waals surface area contributed by atoms with Gasteiger partial charge in [0, 0.05) is 33.9 Å². The van der Waals surface area contributed by atoms with E-state index in [0.29, 0.717) is 23.0 Å². The number of amides is 2. The Labute approximate surface area is 211 Å². The molecule has 4 nitrogen and oxygen atoms in total. The lowest BCUT2D eigenvalue weighted by Gasteiger charge is -2.31. The highest BCUT2D eigenvalue weighted by Gasteiger charge is 2.28. The van der Waals surface area contributed by atoms with Crippen LogP contribution >= 0.6 is 35.0 Å². The van der Waals surface area contributed by atoms with E-state index in [4.69, 9.17) is 23.2 Å². The number of halogens is 2. The molecule has 2 aromatic carbocycles. The minimum atomic E-state index is -0.556. The van der Waals surface area contributed by atoms with E-state index in [1.807, 2.05) is 55.5 Å². The number of carbonyl (C=O) groups excluding carboxylic acids is 2. The molecular weight excluding hydrogens is 475 g/mol. The standard InChI is InChI=1S/C26H32Cl2N2O2S/c1-19(26(32)29-22-9-3-2-4-10-22)30(18-20-8-5-6-11-24(20)28)25(31)12-7-17-33-23-15-13-21(27)14-16-23/h5-6,8,11,13-16,19,22H,2-4,7,9-10,12,17-18H2,1H3,(H,29,32)/t19-/m0/s1. The van der Waals surface area contributed by atoms with Crippen LogP contribution in [0.25, 0.3) is 0 Å². The van der Waals surface area contributed by atoms with Gasteiger partial charge in [-0.2, -0.15) is 0 Å². The minimum Gasteiger partial charge on any atom is -0.352 e. The molecule has 0 unspecified atom stereocenters. The van der Waals surface area contributed by atoms with Gasteiger partial charge in [0.05, 0.1) is 0 Å². The van der Waals surface area contributed by atoms with Crippen molar-refractivity contribution in [2.45, 2.75) is 75.4 Å². The summed E-state index contributed by atoms with van der Waals surface area (Å²) in [5.41, 5.74) is 0.848. The molecule has 1 atom stereocenters. The first-order valence-electron chi connectivity index (χ1n) is 11.7. The van der Waals surface area contributed by atoms with Crippen LogP contribution in [-0.2, 0) is 16.1 Å². The fourth-order valence-electron chi connectivity index (χ4n) is 4.05. The molecule has 1 N–H and O–H groups in total.